The van der Waals surface area contributed by atoms with Gasteiger partial charge in [-0.05, 0) is 29.6 Å². The summed E-state index contributed by atoms with van der Waals surface area (Å²) in [6, 6.07) is 5.49. The Morgan fingerprint density at radius 1 is 1.32 bits per heavy atom. The number of hydrogen-bond acceptors (Lipinski definition) is 5. The van der Waals surface area contributed by atoms with Gasteiger partial charge in [-0.15, -0.1) is 0 Å². The molecule has 1 aliphatic heterocycles. The highest BCUT2D eigenvalue weighted by Gasteiger charge is 2.31. The lowest BCUT2D eigenvalue weighted by molar-refractivity contribution is -0.117. The van der Waals surface area contributed by atoms with Crippen LogP contribution in [0.2, 0.25) is 0 Å². The van der Waals surface area contributed by atoms with Crippen molar-refractivity contribution in [1.29, 1.82) is 0 Å². The fourth-order valence-corrected chi connectivity index (χ4v) is 2.41. The number of aromatic nitrogens is 3. The van der Waals surface area contributed by atoms with Crippen molar-refractivity contribution in [3.63, 3.8) is 0 Å². The highest BCUT2D eigenvalue weighted by molar-refractivity contribution is 5.94. The summed E-state index contributed by atoms with van der Waals surface area (Å²) in [5, 5.41) is 3.54. The van der Waals surface area contributed by atoms with E-state index >= 15 is 0 Å². The summed E-state index contributed by atoms with van der Waals surface area (Å²) in [6.45, 7) is 0.778. The molecule has 0 N–H and O–H groups in total. The maximum atomic E-state index is 12.1. The smallest absolute Gasteiger partial charge is 0.232 e. The molecular weight excluding hydrogens is 282 g/mol. The van der Waals surface area contributed by atoms with Crippen molar-refractivity contribution in [2.45, 2.75) is 6.42 Å². The second kappa shape index (κ2) is 6.19. The number of anilines is 1. The summed E-state index contributed by atoms with van der Waals surface area (Å²) in [4.78, 5) is 29.0. The number of hydrogen-bond donors (Lipinski definition) is 0. The highest BCUT2D eigenvalue weighted by atomic mass is 16.2. The van der Waals surface area contributed by atoms with Crippen LogP contribution in [-0.4, -0.2) is 33.9 Å². The zero-order chi connectivity index (χ0) is 15.4. The molecule has 1 saturated heterocycles. The van der Waals surface area contributed by atoms with Gasteiger partial charge in [-0.1, -0.05) is 5.11 Å². The maximum Gasteiger partial charge on any atom is 0.232 e. The lowest BCUT2D eigenvalue weighted by Crippen LogP contribution is -2.26. The number of azide groups is 1. The van der Waals surface area contributed by atoms with Gasteiger partial charge in [0.15, 0.2) is 0 Å². The Kier molecular flexibility index (Phi) is 3.93. The van der Waals surface area contributed by atoms with Crippen LogP contribution in [0.3, 0.4) is 0 Å². The fourth-order valence-electron chi connectivity index (χ4n) is 2.41. The third kappa shape index (κ3) is 2.87. The zero-order valence-electron chi connectivity index (χ0n) is 11.7. The average molecular weight is 295 g/mol. The normalized spacial score (nSPS) is 17.4. The molecule has 0 aromatic carbocycles. The van der Waals surface area contributed by atoms with Crippen molar-refractivity contribution in [2.75, 3.05) is 18.0 Å². The van der Waals surface area contributed by atoms with E-state index < -0.39 is 0 Å². The van der Waals surface area contributed by atoms with E-state index in [9.17, 15) is 4.79 Å². The van der Waals surface area contributed by atoms with E-state index in [-0.39, 0.29) is 11.8 Å². The molecule has 1 aliphatic rings. The summed E-state index contributed by atoms with van der Waals surface area (Å²) in [5.74, 6) is 0.337. The number of carbonyl (C=O) groups is 1. The van der Waals surface area contributed by atoms with Gasteiger partial charge in [0.1, 0.15) is 0 Å². The van der Waals surface area contributed by atoms with Gasteiger partial charge in [0.25, 0.3) is 0 Å². The first-order chi connectivity index (χ1) is 10.8. The van der Waals surface area contributed by atoms with Crippen LogP contribution in [0.15, 0.2) is 41.9 Å². The van der Waals surface area contributed by atoms with Gasteiger partial charge >= 0.3 is 0 Å². The largest absolute Gasteiger partial charge is 0.280 e. The van der Waals surface area contributed by atoms with Crippen molar-refractivity contribution in [3.05, 3.63) is 47.2 Å². The van der Waals surface area contributed by atoms with Crippen LogP contribution in [-0.2, 0) is 4.79 Å². The molecule has 3 heterocycles. The molecule has 2 aromatic rings. The van der Waals surface area contributed by atoms with E-state index in [1.807, 2.05) is 12.1 Å². The van der Waals surface area contributed by atoms with E-state index in [4.69, 9.17) is 5.53 Å². The van der Waals surface area contributed by atoms with Gasteiger partial charge in [0.05, 0.1) is 5.69 Å². The topological polar surface area (TPSA) is 108 Å². The van der Waals surface area contributed by atoms with Gasteiger partial charge in [0, 0.05) is 48.6 Å². The summed E-state index contributed by atoms with van der Waals surface area (Å²) in [5.41, 5.74) is 10.0. The van der Waals surface area contributed by atoms with Crippen LogP contribution in [0.1, 0.15) is 6.42 Å². The lowest BCUT2D eigenvalue weighted by Gasteiger charge is -2.14. The van der Waals surface area contributed by atoms with Crippen molar-refractivity contribution >= 4 is 11.9 Å². The third-order valence-electron chi connectivity index (χ3n) is 3.47. The molecule has 22 heavy (non-hydrogen) atoms. The molecule has 0 bridgehead atoms. The predicted molar refractivity (Wildman–Crippen MR) is 79.7 cm³/mol. The Morgan fingerprint density at radius 3 is 2.91 bits per heavy atom. The third-order valence-corrected chi connectivity index (χ3v) is 3.47. The first kappa shape index (κ1) is 14.0. The summed E-state index contributed by atoms with van der Waals surface area (Å²) in [7, 11) is 0. The van der Waals surface area contributed by atoms with Crippen LogP contribution in [0.25, 0.3) is 21.7 Å². The zero-order valence-corrected chi connectivity index (χ0v) is 11.7. The minimum atomic E-state index is -0.0509. The van der Waals surface area contributed by atoms with Crippen LogP contribution >= 0.6 is 0 Å². The molecule has 3 rings (SSSR count). The van der Waals surface area contributed by atoms with Gasteiger partial charge in [-0.2, -0.15) is 0 Å². The van der Waals surface area contributed by atoms with E-state index in [1.165, 1.54) is 0 Å². The fraction of sp³-hybridized carbons (Fsp3) is 0.286. The number of amides is 1. The molecule has 0 saturated carbocycles. The summed E-state index contributed by atoms with van der Waals surface area (Å²) >= 11 is 0. The van der Waals surface area contributed by atoms with E-state index in [0.717, 1.165) is 11.3 Å². The Bertz CT molecular complexity index is 727. The molecular formula is C14H13N7O. The molecule has 1 atom stereocenters. The van der Waals surface area contributed by atoms with Crippen molar-refractivity contribution in [3.8, 4) is 11.3 Å². The second-order valence-corrected chi connectivity index (χ2v) is 4.97. The van der Waals surface area contributed by atoms with Gasteiger partial charge in [-0.25, -0.2) is 9.97 Å². The van der Waals surface area contributed by atoms with Gasteiger partial charge in [-0.3, -0.25) is 14.7 Å². The first-order valence-corrected chi connectivity index (χ1v) is 6.82. The average Bonchev–Trinajstić information content (AvgIpc) is 2.95. The van der Waals surface area contributed by atoms with E-state index in [2.05, 4.69) is 25.0 Å². The SMILES string of the molecule is [N-]=[N+]=NCC1CC(=O)N(c2nccc(-c3ccncc3)n2)C1. The molecule has 1 unspecified atom stereocenters. The van der Waals surface area contributed by atoms with E-state index in [1.54, 1.807) is 29.6 Å². The molecule has 1 amide bonds. The van der Waals surface area contributed by atoms with Gasteiger partial charge in [0.2, 0.25) is 11.9 Å². The minimum Gasteiger partial charge on any atom is -0.280 e. The number of rotatable bonds is 4. The van der Waals surface area contributed by atoms with Crippen LogP contribution in [0, 0.1) is 5.92 Å². The Balaban J connectivity index is 1.84. The molecule has 110 valence electrons. The van der Waals surface area contributed by atoms with Crippen molar-refractivity contribution < 1.29 is 4.79 Å². The second-order valence-electron chi connectivity index (χ2n) is 4.97. The molecule has 8 nitrogen and oxygen atoms in total. The summed E-state index contributed by atoms with van der Waals surface area (Å²) in [6.07, 6.45) is 5.36. The van der Waals surface area contributed by atoms with Gasteiger partial charge < -0.3 is 0 Å². The first-order valence-electron chi connectivity index (χ1n) is 6.82. The Hall–Kier alpha value is -2.99. The van der Waals surface area contributed by atoms with Crippen molar-refractivity contribution in [2.24, 2.45) is 11.0 Å². The van der Waals surface area contributed by atoms with Crippen LogP contribution in [0.5, 0.6) is 0 Å². The maximum absolute atomic E-state index is 12.1. The molecule has 8 heteroatoms. The predicted octanol–water partition coefficient (Wildman–Crippen LogP) is 2.20. The molecule has 2 aromatic heterocycles. The monoisotopic (exact) mass is 295 g/mol. The molecule has 0 radical (unpaired) electrons. The molecule has 0 spiro atoms. The molecule has 1 fully saturated rings. The number of pyridine rings is 1. The molecule has 0 aliphatic carbocycles. The highest BCUT2D eigenvalue weighted by Crippen LogP contribution is 2.24. The standard InChI is InChI=1S/C14H13N7O/c15-20-18-8-10-7-13(22)21(9-10)14-17-6-3-12(19-14)11-1-4-16-5-2-11/h1-6,10H,7-9H2. The van der Waals surface area contributed by atoms with Crippen LogP contribution in [0.4, 0.5) is 5.95 Å². The van der Waals surface area contributed by atoms with Crippen molar-refractivity contribution in [1.82, 2.24) is 15.0 Å². The minimum absolute atomic E-state index is 0.0107. The summed E-state index contributed by atoms with van der Waals surface area (Å²) < 4.78 is 0. The Morgan fingerprint density at radius 2 is 2.14 bits per heavy atom. The number of nitrogens with zero attached hydrogens (tertiary/aromatic N) is 7. The lowest BCUT2D eigenvalue weighted by atomic mass is 10.1. The van der Waals surface area contributed by atoms with Crippen LogP contribution < -0.4 is 4.90 Å². The van der Waals surface area contributed by atoms with E-state index in [0.29, 0.717) is 25.5 Å². The quantitative estimate of drug-likeness (QED) is 0.489. The number of carbonyl (C=O) groups excluding carboxylic acids is 1. The Labute approximate surface area is 126 Å².